The summed E-state index contributed by atoms with van der Waals surface area (Å²) in [5, 5.41) is 6.14. The summed E-state index contributed by atoms with van der Waals surface area (Å²) in [6, 6.07) is 12.3. The number of aromatic nitrogens is 4. The van der Waals surface area contributed by atoms with E-state index in [0.29, 0.717) is 32.0 Å². The molecular formula is C21H12Cl4N4O. The molecule has 9 heteroatoms. The maximum Gasteiger partial charge on any atom is 0.222 e. The van der Waals surface area contributed by atoms with Gasteiger partial charge in [0, 0.05) is 33.6 Å². The summed E-state index contributed by atoms with van der Waals surface area (Å²) in [7, 11) is 0. The molecule has 0 fully saturated rings. The van der Waals surface area contributed by atoms with Crippen LogP contribution in [0.15, 0.2) is 54.9 Å². The van der Waals surface area contributed by atoms with Gasteiger partial charge in [0.1, 0.15) is 5.69 Å². The van der Waals surface area contributed by atoms with E-state index in [1.54, 1.807) is 35.0 Å². The number of hydrogen-bond acceptors (Lipinski definition) is 4. The molecule has 0 aliphatic rings. The minimum Gasteiger partial charge on any atom is -0.287 e. The second-order valence-electron chi connectivity index (χ2n) is 6.41. The van der Waals surface area contributed by atoms with Gasteiger partial charge in [-0.2, -0.15) is 5.10 Å². The average molecular weight is 478 g/mol. The second kappa shape index (κ2) is 8.36. The molecule has 0 spiro atoms. The lowest BCUT2D eigenvalue weighted by molar-refractivity contribution is 0.103. The summed E-state index contributed by atoms with van der Waals surface area (Å²) in [5.41, 5.74) is 3.30. The molecule has 2 aromatic carbocycles. The number of rotatable bonds is 4. The van der Waals surface area contributed by atoms with Gasteiger partial charge < -0.3 is 0 Å². The molecule has 0 saturated carbocycles. The van der Waals surface area contributed by atoms with Crippen LogP contribution < -0.4 is 0 Å². The first-order chi connectivity index (χ1) is 14.3. The van der Waals surface area contributed by atoms with Crippen molar-refractivity contribution in [2.24, 2.45) is 0 Å². The van der Waals surface area contributed by atoms with Crippen LogP contribution in [0.5, 0.6) is 0 Å². The van der Waals surface area contributed by atoms with Crippen molar-refractivity contribution in [3.8, 4) is 16.9 Å². The Bertz CT molecular complexity index is 1250. The molecule has 5 nitrogen and oxygen atoms in total. The molecule has 0 radical (unpaired) electrons. The number of carbonyl (C=O) groups is 1. The van der Waals surface area contributed by atoms with Crippen molar-refractivity contribution in [1.29, 1.82) is 0 Å². The van der Waals surface area contributed by atoms with E-state index in [0.717, 1.165) is 5.56 Å². The Kier molecular flexibility index (Phi) is 5.80. The monoisotopic (exact) mass is 476 g/mol. The van der Waals surface area contributed by atoms with Crippen LogP contribution in [0.1, 0.15) is 21.6 Å². The highest BCUT2D eigenvalue weighted by atomic mass is 35.5. The molecule has 4 rings (SSSR count). The summed E-state index contributed by atoms with van der Waals surface area (Å²) in [4.78, 5) is 20.9. The molecule has 30 heavy (non-hydrogen) atoms. The van der Waals surface area contributed by atoms with E-state index >= 15 is 0 Å². The number of carbonyl (C=O) groups excluding carboxylic acids is 1. The largest absolute Gasteiger partial charge is 0.287 e. The van der Waals surface area contributed by atoms with Gasteiger partial charge in [-0.1, -0.05) is 46.9 Å². The van der Waals surface area contributed by atoms with Crippen LogP contribution in [0.25, 0.3) is 16.9 Å². The summed E-state index contributed by atoms with van der Waals surface area (Å²) >= 11 is 24.3. The first-order valence-electron chi connectivity index (χ1n) is 8.68. The normalized spacial score (nSPS) is 11.0. The van der Waals surface area contributed by atoms with Crippen LogP contribution in [0, 0.1) is 6.92 Å². The SMILES string of the molecule is Cc1c(C(=O)c2cnc(Cl)nc2)nn(-c2ccc(Cl)cc2Cl)c1-c1ccc(Cl)cc1. The quantitative estimate of drug-likeness (QED) is 0.249. The van der Waals surface area contributed by atoms with Crippen molar-refractivity contribution in [1.82, 2.24) is 19.7 Å². The lowest BCUT2D eigenvalue weighted by Gasteiger charge is -2.11. The van der Waals surface area contributed by atoms with Crippen molar-refractivity contribution in [3.63, 3.8) is 0 Å². The Labute approximate surface area is 192 Å². The van der Waals surface area contributed by atoms with Crippen molar-refractivity contribution in [2.45, 2.75) is 6.92 Å². The van der Waals surface area contributed by atoms with Crippen LogP contribution >= 0.6 is 46.4 Å². The Morgan fingerprint density at radius 3 is 2.17 bits per heavy atom. The zero-order valence-corrected chi connectivity index (χ0v) is 18.4. The maximum atomic E-state index is 13.1. The van der Waals surface area contributed by atoms with Crippen molar-refractivity contribution in [2.75, 3.05) is 0 Å². The topological polar surface area (TPSA) is 60.7 Å². The molecule has 0 aliphatic heterocycles. The number of hydrogen-bond donors (Lipinski definition) is 0. The molecule has 0 atom stereocenters. The zero-order valence-electron chi connectivity index (χ0n) is 15.4. The standard InChI is InChI=1S/C21H12Cl4N4O/c1-11-18(20(30)13-9-26-21(25)27-10-13)28-29(17-7-6-15(23)8-16(17)24)19(11)12-2-4-14(22)5-3-12/h2-10H,1H3. The highest BCUT2D eigenvalue weighted by molar-refractivity contribution is 6.35. The molecule has 4 aromatic rings. The summed E-state index contributed by atoms with van der Waals surface area (Å²) < 4.78 is 1.63. The maximum absolute atomic E-state index is 13.1. The van der Waals surface area contributed by atoms with Gasteiger partial charge in [0.05, 0.1) is 22.0 Å². The van der Waals surface area contributed by atoms with Gasteiger partial charge in [-0.05, 0) is 48.9 Å². The molecule has 0 aliphatic carbocycles. The van der Waals surface area contributed by atoms with Gasteiger partial charge in [-0.15, -0.1) is 0 Å². The van der Waals surface area contributed by atoms with Crippen LogP contribution in [0.2, 0.25) is 20.4 Å². The first kappa shape index (κ1) is 20.8. The van der Waals surface area contributed by atoms with E-state index in [1.165, 1.54) is 12.4 Å². The number of ketones is 1. The fraction of sp³-hybridized carbons (Fsp3) is 0.0476. The van der Waals surface area contributed by atoms with Crippen LogP contribution in [-0.4, -0.2) is 25.5 Å². The van der Waals surface area contributed by atoms with E-state index in [2.05, 4.69) is 15.1 Å². The van der Waals surface area contributed by atoms with Gasteiger partial charge in [0.15, 0.2) is 0 Å². The number of benzene rings is 2. The van der Waals surface area contributed by atoms with Crippen molar-refractivity contribution < 1.29 is 4.79 Å². The third-order valence-electron chi connectivity index (χ3n) is 4.48. The third kappa shape index (κ3) is 3.94. The summed E-state index contributed by atoms with van der Waals surface area (Å²) in [6.07, 6.45) is 2.74. The summed E-state index contributed by atoms with van der Waals surface area (Å²) in [6.45, 7) is 1.82. The van der Waals surface area contributed by atoms with E-state index in [1.807, 2.05) is 19.1 Å². The molecule has 0 saturated heterocycles. The Balaban J connectivity index is 1.94. The lowest BCUT2D eigenvalue weighted by atomic mass is 10.0. The first-order valence-corrected chi connectivity index (χ1v) is 10.2. The van der Waals surface area contributed by atoms with Crippen molar-refractivity contribution >= 4 is 52.2 Å². The van der Waals surface area contributed by atoms with E-state index < -0.39 is 0 Å². The fourth-order valence-electron chi connectivity index (χ4n) is 3.05. The Morgan fingerprint density at radius 2 is 1.53 bits per heavy atom. The van der Waals surface area contributed by atoms with Gasteiger partial charge in [0.25, 0.3) is 0 Å². The van der Waals surface area contributed by atoms with Crippen molar-refractivity contribution in [3.05, 3.63) is 92.0 Å². The van der Waals surface area contributed by atoms with E-state index in [9.17, 15) is 4.79 Å². The van der Waals surface area contributed by atoms with Gasteiger partial charge in [-0.25, -0.2) is 14.6 Å². The third-order valence-corrected chi connectivity index (χ3v) is 5.46. The molecular weight excluding hydrogens is 466 g/mol. The highest BCUT2D eigenvalue weighted by Crippen LogP contribution is 2.33. The zero-order chi connectivity index (χ0) is 21.4. The predicted molar refractivity (Wildman–Crippen MR) is 119 cm³/mol. The molecule has 150 valence electrons. The Hall–Kier alpha value is -2.44. The van der Waals surface area contributed by atoms with E-state index in [-0.39, 0.29) is 22.3 Å². The van der Waals surface area contributed by atoms with Crippen LogP contribution in [0.4, 0.5) is 0 Å². The van der Waals surface area contributed by atoms with Crippen LogP contribution in [-0.2, 0) is 0 Å². The molecule has 0 bridgehead atoms. The predicted octanol–water partition coefficient (Wildman–Crippen LogP) is 6.48. The van der Waals surface area contributed by atoms with Crippen LogP contribution in [0.3, 0.4) is 0 Å². The molecule has 0 unspecified atom stereocenters. The molecule has 0 amide bonds. The molecule has 2 heterocycles. The Morgan fingerprint density at radius 1 is 0.900 bits per heavy atom. The second-order valence-corrected chi connectivity index (χ2v) is 8.02. The van der Waals surface area contributed by atoms with Gasteiger partial charge >= 0.3 is 0 Å². The lowest BCUT2D eigenvalue weighted by Crippen LogP contribution is -2.06. The van der Waals surface area contributed by atoms with E-state index in [4.69, 9.17) is 46.4 Å². The van der Waals surface area contributed by atoms with Gasteiger partial charge in [-0.3, -0.25) is 4.79 Å². The summed E-state index contributed by atoms with van der Waals surface area (Å²) in [5.74, 6) is -0.330. The molecule has 0 N–H and O–H groups in total. The minimum absolute atomic E-state index is 0.0589. The number of halogens is 4. The minimum atomic E-state index is -0.330. The molecule has 2 aromatic heterocycles. The average Bonchev–Trinajstić information content (AvgIpc) is 3.05. The number of nitrogens with zero attached hydrogens (tertiary/aromatic N) is 4. The fourth-order valence-corrected chi connectivity index (χ4v) is 3.76. The smallest absolute Gasteiger partial charge is 0.222 e. The van der Waals surface area contributed by atoms with Gasteiger partial charge in [0.2, 0.25) is 11.1 Å². The highest BCUT2D eigenvalue weighted by Gasteiger charge is 2.24.